The summed E-state index contributed by atoms with van der Waals surface area (Å²) in [6.45, 7) is 9.57. The van der Waals surface area contributed by atoms with Crippen molar-refractivity contribution in [2.75, 3.05) is 10.6 Å². The minimum atomic E-state index is -0.135. The zero-order valence-corrected chi connectivity index (χ0v) is 16.0. The number of nitrogens with one attached hydrogen (secondary N) is 2. The molecule has 0 aliphatic heterocycles. The molecule has 2 aromatic carbocycles. The molecule has 2 aromatic rings. The molecule has 132 valence electrons. The molecular weight excluding hydrogens is 336 g/mol. The Morgan fingerprint density at radius 1 is 1.04 bits per heavy atom. The molecule has 2 rings (SSSR count). The Bertz CT molecular complexity index is 844. The van der Waals surface area contributed by atoms with Crippen molar-refractivity contribution >= 4 is 34.7 Å². The van der Waals surface area contributed by atoms with Crippen LogP contribution in [0.15, 0.2) is 24.3 Å². The minimum absolute atomic E-state index is 0.0712. The van der Waals surface area contributed by atoms with Gasteiger partial charge in [-0.05, 0) is 68.1 Å². The Hall–Kier alpha value is -2.33. The number of anilines is 2. The van der Waals surface area contributed by atoms with Gasteiger partial charge in [0.25, 0.3) is 0 Å². The first-order valence-electron chi connectivity index (χ1n) is 8.12. The third-order valence-electron chi connectivity index (χ3n) is 4.23. The average molecular weight is 359 g/mol. The Balaban J connectivity index is 2.32. The molecule has 0 unspecified atom stereocenters. The zero-order chi connectivity index (χ0) is 18.7. The van der Waals surface area contributed by atoms with Crippen molar-refractivity contribution in [3.63, 3.8) is 0 Å². The van der Waals surface area contributed by atoms with Crippen LogP contribution in [0.5, 0.6) is 0 Å². The van der Waals surface area contributed by atoms with Crippen molar-refractivity contribution in [3.8, 4) is 0 Å². The lowest BCUT2D eigenvalue weighted by atomic mass is 9.91. The maximum Gasteiger partial charge on any atom is 0.221 e. The number of Topliss-reactive ketones (excluding diaryl/α,β-unsaturated/α-hetero) is 1. The predicted octanol–water partition coefficient (Wildman–Crippen LogP) is 5.04. The van der Waals surface area contributed by atoms with Gasteiger partial charge < -0.3 is 10.6 Å². The normalized spacial score (nSPS) is 10.5. The molecule has 0 aliphatic rings. The Morgan fingerprint density at radius 3 is 2.32 bits per heavy atom. The number of amides is 1. The number of hydrogen-bond acceptors (Lipinski definition) is 3. The highest BCUT2D eigenvalue weighted by Gasteiger charge is 2.14. The van der Waals surface area contributed by atoms with Crippen molar-refractivity contribution in [2.45, 2.75) is 41.2 Å². The van der Waals surface area contributed by atoms with Gasteiger partial charge >= 0.3 is 0 Å². The second-order valence-corrected chi connectivity index (χ2v) is 6.68. The first kappa shape index (κ1) is 19.0. The molecule has 5 heteroatoms. The van der Waals surface area contributed by atoms with Crippen LogP contribution in [0.4, 0.5) is 11.4 Å². The fourth-order valence-electron chi connectivity index (χ4n) is 3.17. The molecule has 0 fully saturated rings. The summed E-state index contributed by atoms with van der Waals surface area (Å²) < 4.78 is 0. The fourth-order valence-corrected chi connectivity index (χ4v) is 3.35. The van der Waals surface area contributed by atoms with Gasteiger partial charge in [0.2, 0.25) is 5.91 Å². The first-order chi connectivity index (χ1) is 11.7. The molecule has 0 bridgehead atoms. The second-order valence-electron chi connectivity index (χ2n) is 6.27. The van der Waals surface area contributed by atoms with Gasteiger partial charge in [0.15, 0.2) is 5.78 Å². The summed E-state index contributed by atoms with van der Waals surface area (Å²) >= 11 is 6.26. The van der Waals surface area contributed by atoms with Crippen LogP contribution in [0.25, 0.3) is 0 Å². The second kappa shape index (κ2) is 7.70. The van der Waals surface area contributed by atoms with Crippen LogP contribution in [-0.4, -0.2) is 11.7 Å². The van der Waals surface area contributed by atoms with Crippen molar-refractivity contribution in [2.24, 2.45) is 0 Å². The average Bonchev–Trinajstić information content (AvgIpc) is 2.48. The Kier molecular flexibility index (Phi) is 5.85. The number of hydrogen-bond donors (Lipinski definition) is 2. The summed E-state index contributed by atoms with van der Waals surface area (Å²) in [4.78, 5) is 23.2. The van der Waals surface area contributed by atoms with Crippen molar-refractivity contribution < 1.29 is 9.59 Å². The zero-order valence-electron chi connectivity index (χ0n) is 15.2. The highest BCUT2D eigenvalue weighted by Crippen LogP contribution is 2.28. The van der Waals surface area contributed by atoms with E-state index in [1.54, 1.807) is 25.1 Å². The van der Waals surface area contributed by atoms with E-state index in [9.17, 15) is 9.59 Å². The van der Waals surface area contributed by atoms with E-state index in [1.165, 1.54) is 6.92 Å². The quantitative estimate of drug-likeness (QED) is 0.736. The topological polar surface area (TPSA) is 58.2 Å². The molecule has 2 N–H and O–H groups in total. The van der Waals surface area contributed by atoms with Crippen LogP contribution in [0.1, 0.15) is 46.5 Å². The molecule has 0 radical (unpaired) electrons. The molecule has 0 heterocycles. The fraction of sp³-hybridized carbons (Fsp3) is 0.300. The number of rotatable bonds is 5. The van der Waals surface area contributed by atoms with Gasteiger partial charge in [0.05, 0.1) is 10.7 Å². The molecule has 1 amide bonds. The van der Waals surface area contributed by atoms with Crippen LogP contribution in [0.3, 0.4) is 0 Å². The lowest BCUT2D eigenvalue weighted by Gasteiger charge is -2.18. The monoisotopic (exact) mass is 358 g/mol. The highest BCUT2D eigenvalue weighted by atomic mass is 35.5. The van der Waals surface area contributed by atoms with E-state index in [1.807, 2.05) is 26.8 Å². The summed E-state index contributed by atoms with van der Waals surface area (Å²) in [7, 11) is 0. The molecule has 0 spiro atoms. The minimum Gasteiger partial charge on any atom is -0.380 e. The van der Waals surface area contributed by atoms with Gasteiger partial charge in [-0.3, -0.25) is 9.59 Å². The van der Waals surface area contributed by atoms with Gasteiger partial charge in [-0.15, -0.1) is 0 Å². The Labute approximate surface area is 153 Å². The molecule has 0 atom stereocenters. The molecule has 0 aliphatic carbocycles. The number of carbonyl (C=O) groups excluding carboxylic acids is 2. The van der Waals surface area contributed by atoms with Crippen LogP contribution < -0.4 is 10.6 Å². The summed E-state index contributed by atoms with van der Waals surface area (Å²) in [6, 6.07) is 7.33. The number of halogens is 1. The highest BCUT2D eigenvalue weighted by molar-refractivity contribution is 6.33. The lowest BCUT2D eigenvalue weighted by molar-refractivity contribution is -0.114. The molecule has 0 aromatic heterocycles. The van der Waals surface area contributed by atoms with Gasteiger partial charge in [0.1, 0.15) is 0 Å². The van der Waals surface area contributed by atoms with Gasteiger partial charge in [-0.2, -0.15) is 0 Å². The smallest absolute Gasteiger partial charge is 0.221 e. The van der Waals surface area contributed by atoms with Gasteiger partial charge in [0, 0.05) is 24.7 Å². The molecule has 0 saturated heterocycles. The van der Waals surface area contributed by atoms with Gasteiger partial charge in [-0.1, -0.05) is 17.7 Å². The van der Waals surface area contributed by atoms with Crippen molar-refractivity contribution in [1.82, 2.24) is 0 Å². The van der Waals surface area contributed by atoms with Gasteiger partial charge in [-0.25, -0.2) is 0 Å². The van der Waals surface area contributed by atoms with E-state index in [4.69, 9.17) is 11.6 Å². The third kappa shape index (κ3) is 4.40. The molecular formula is C20H23ClN2O2. The number of ketones is 1. The first-order valence-corrected chi connectivity index (χ1v) is 8.50. The molecule has 25 heavy (non-hydrogen) atoms. The van der Waals surface area contributed by atoms with Crippen LogP contribution in [0.2, 0.25) is 5.02 Å². The standard InChI is InChI=1S/C20H23ClN2O2/c1-11-8-12(2)20(14(4)24)13(3)17(11)10-22-19-9-16(23-15(5)25)6-7-18(19)21/h6-9,22H,10H2,1-5H3,(H,23,25). The van der Waals surface area contributed by atoms with Crippen molar-refractivity contribution in [1.29, 1.82) is 0 Å². The predicted molar refractivity (Wildman–Crippen MR) is 104 cm³/mol. The van der Waals surface area contributed by atoms with E-state index in [2.05, 4.69) is 10.6 Å². The molecule has 4 nitrogen and oxygen atoms in total. The van der Waals surface area contributed by atoms with Crippen LogP contribution in [-0.2, 0) is 11.3 Å². The van der Waals surface area contributed by atoms with Crippen LogP contribution in [0, 0.1) is 20.8 Å². The lowest BCUT2D eigenvalue weighted by Crippen LogP contribution is -2.10. The molecule has 0 saturated carbocycles. The maximum absolute atomic E-state index is 11.9. The summed E-state index contributed by atoms with van der Waals surface area (Å²) in [5, 5.41) is 6.63. The van der Waals surface area contributed by atoms with Crippen LogP contribution >= 0.6 is 11.6 Å². The number of benzene rings is 2. The Morgan fingerprint density at radius 2 is 1.72 bits per heavy atom. The number of carbonyl (C=O) groups is 2. The maximum atomic E-state index is 11.9. The van der Waals surface area contributed by atoms with E-state index < -0.39 is 0 Å². The SMILES string of the molecule is CC(=O)Nc1ccc(Cl)c(NCc2c(C)cc(C)c(C(C)=O)c2C)c1. The van der Waals surface area contributed by atoms with E-state index in [0.29, 0.717) is 17.3 Å². The summed E-state index contributed by atoms with van der Waals surface area (Å²) in [5.74, 6) is -0.0634. The van der Waals surface area contributed by atoms with E-state index >= 15 is 0 Å². The summed E-state index contributed by atoms with van der Waals surface area (Å²) in [6.07, 6.45) is 0. The van der Waals surface area contributed by atoms with E-state index in [0.717, 1.165) is 33.5 Å². The van der Waals surface area contributed by atoms with Crippen molar-refractivity contribution in [3.05, 3.63) is 57.1 Å². The largest absolute Gasteiger partial charge is 0.380 e. The van der Waals surface area contributed by atoms with E-state index in [-0.39, 0.29) is 11.7 Å². The third-order valence-corrected chi connectivity index (χ3v) is 4.56. The summed E-state index contributed by atoms with van der Waals surface area (Å²) in [5.41, 5.74) is 6.39. The number of aryl methyl sites for hydroxylation is 2.